The van der Waals surface area contributed by atoms with Gasteiger partial charge in [0, 0.05) is 34.9 Å². The summed E-state index contributed by atoms with van der Waals surface area (Å²) >= 11 is 7.40. The van der Waals surface area contributed by atoms with Gasteiger partial charge in [-0.05, 0) is 48.5 Å². The summed E-state index contributed by atoms with van der Waals surface area (Å²) in [6.45, 7) is -0.0887. The Morgan fingerprint density at radius 2 is 1.22 bits per heavy atom. The van der Waals surface area contributed by atoms with Crippen molar-refractivity contribution in [1.82, 2.24) is 24.5 Å². The fraction of sp³-hybridized carbons (Fsp3) is 0.0323. The Morgan fingerprint density at radius 3 is 1.76 bits per heavy atom. The monoisotopic (exact) mass is 721 g/mol. The van der Waals surface area contributed by atoms with Crippen LogP contribution in [0.15, 0.2) is 104 Å². The normalized spacial score (nSPS) is 9.33. The maximum Gasteiger partial charge on any atom is 2.00 e. The number of thiocarbonyl (C=S) groups is 2. The molecule has 0 fully saturated rings. The molecule has 0 aliphatic heterocycles. The van der Waals surface area contributed by atoms with Gasteiger partial charge in [0.25, 0.3) is 0 Å². The molecule has 224 valence electrons. The van der Waals surface area contributed by atoms with Gasteiger partial charge in [0.05, 0.1) is 40.1 Å². The number of pyridine rings is 4. The molecule has 0 aliphatic carbocycles. The van der Waals surface area contributed by atoms with Gasteiger partial charge in [0.1, 0.15) is 6.54 Å². The van der Waals surface area contributed by atoms with E-state index in [4.69, 9.17) is 15.9 Å². The third kappa shape index (κ3) is 9.91. The topological polar surface area (TPSA) is 176 Å². The summed E-state index contributed by atoms with van der Waals surface area (Å²) in [6, 6.07) is 23.8. The SMILES string of the molecule is O=C(O)Cn1c2ccccc2c2cc(-c3ccccn3)ncc21.O=C(O)c1ccnc(-c2ccccn2)c1.[N-]=C=S.[N-]=C=S.[Ru+2]. The summed E-state index contributed by atoms with van der Waals surface area (Å²) in [7, 11) is 0. The zero-order chi connectivity index (χ0) is 31.9. The van der Waals surface area contributed by atoms with Crippen molar-refractivity contribution in [3.8, 4) is 22.8 Å². The summed E-state index contributed by atoms with van der Waals surface area (Å²) in [5.41, 5.74) is 4.72. The summed E-state index contributed by atoms with van der Waals surface area (Å²) in [4.78, 5) is 38.9. The van der Waals surface area contributed by atoms with Crippen LogP contribution in [0.3, 0.4) is 0 Å². The van der Waals surface area contributed by atoms with Crippen molar-refractivity contribution in [1.29, 1.82) is 0 Å². The van der Waals surface area contributed by atoms with Gasteiger partial charge in [-0.2, -0.15) is 10.3 Å². The molecular formula is C31H21N7O4RuS2. The van der Waals surface area contributed by atoms with Crippen LogP contribution in [0, 0.1) is 0 Å². The number of isothiocyanates is 2. The van der Waals surface area contributed by atoms with E-state index in [1.807, 2.05) is 54.6 Å². The van der Waals surface area contributed by atoms with Crippen molar-refractivity contribution in [2.24, 2.45) is 0 Å². The van der Waals surface area contributed by atoms with Crippen molar-refractivity contribution >= 4 is 68.5 Å². The van der Waals surface area contributed by atoms with E-state index in [1.54, 1.807) is 35.3 Å². The maximum atomic E-state index is 11.2. The molecule has 0 atom stereocenters. The number of aromatic carboxylic acids is 1. The quantitative estimate of drug-likeness (QED) is 0.114. The van der Waals surface area contributed by atoms with Crippen LogP contribution in [0.2, 0.25) is 0 Å². The van der Waals surface area contributed by atoms with Crippen molar-refractivity contribution in [2.75, 3.05) is 0 Å². The van der Waals surface area contributed by atoms with Gasteiger partial charge in [-0.3, -0.25) is 24.7 Å². The molecular weight excluding hydrogens is 700 g/mol. The van der Waals surface area contributed by atoms with Crippen LogP contribution in [0.25, 0.3) is 55.4 Å². The van der Waals surface area contributed by atoms with E-state index in [0.29, 0.717) is 11.4 Å². The smallest absolute Gasteiger partial charge is 0.753 e. The van der Waals surface area contributed by atoms with Crippen LogP contribution < -0.4 is 0 Å². The second-order valence-electron chi connectivity index (χ2n) is 8.43. The van der Waals surface area contributed by atoms with Crippen molar-refractivity contribution in [2.45, 2.75) is 6.54 Å². The molecule has 11 nitrogen and oxygen atoms in total. The first kappa shape index (κ1) is 36.0. The Bertz CT molecular complexity index is 1950. The molecule has 0 saturated heterocycles. The minimum absolute atomic E-state index is 0. The Kier molecular flexibility index (Phi) is 14.7. The first-order valence-electron chi connectivity index (χ1n) is 12.5. The molecule has 5 aromatic heterocycles. The predicted molar refractivity (Wildman–Crippen MR) is 174 cm³/mol. The minimum Gasteiger partial charge on any atom is -0.753 e. The molecule has 5 heterocycles. The van der Waals surface area contributed by atoms with E-state index >= 15 is 0 Å². The van der Waals surface area contributed by atoms with Gasteiger partial charge in [0.2, 0.25) is 0 Å². The molecule has 0 unspecified atom stereocenters. The molecule has 14 heteroatoms. The number of rotatable bonds is 5. The molecule has 0 bridgehead atoms. The second kappa shape index (κ2) is 18.4. The van der Waals surface area contributed by atoms with Gasteiger partial charge in [-0.15, -0.1) is 0 Å². The minimum atomic E-state index is -0.963. The summed E-state index contributed by atoms with van der Waals surface area (Å²) < 4.78 is 1.78. The van der Waals surface area contributed by atoms with Crippen LogP contribution in [-0.2, 0) is 30.8 Å². The van der Waals surface area contributed by atoms with Gasteiger partial charge in [-0.25, -0.2) is 4.79 Å². The number of carbonyl (C=O) groups is 2. The first-order valence-corrected chi connectivity index (χ1v) is 13.3. The molecule has 6 rings (SSSR count). The van der Waals surface area contributed by atoms with Crippen LogP contribution in [0.1, 0.15) is 10.4 Å². The summed E-state index contributed by atoms with van der Waals surface area (Å²) in [6.07, 6.45) is 6.56. The maximum absolute atomic E-state index is 11.2. The largest absolute Gasteiger partial charge is 2.00 e. The van der Waals surface area contributed by atoms with E-state index in [0.717, 1.165) is 33.2 Å². The zero-order valence-corrected chi connectivity index (χ0v) is 26.4. The van der Waals surface area contributed by atoms with E-state index in [-0.39, 0.29) is 31.6 Å². The number of para-hydroxylation sites is 1. The van der Waals surface area contributed by atoms with Gasteiger partial charge < -0.3 is 25.6 Å². The van der Waals surface area contributed by atoms with Crippen molar-refractivity contribution in [3.05, 3.63) is 120 Å². The summed E-state index contributed by atoms with van der Waals surface area (Å²) in [5.74, 6) is -1.84. The number of benzene rings is 1. The molecule has 0 saturated carbocycles. The molecule has 2 N–H and O–H groups in total. The molecule has 1 aromatic carbocycles. The molecule has 0 amide bonds. The molecule has 6 aromatic rings. The number of aromatic nitrogens is 5. The Hall–Kier alpha value is -5.22. The fourth-order valence-corrected chi connectivity index (χ4v) is 4.12. The first-order chi connectivity index (χ1) is 21.3. The third-order valence-electron chi connectivity index (χ3n) is 5.81. The molecule has 0 spiro atoms. The van der Waals surface area contributed by atoms with Crippen LogP contribution in [0.5, 0.6) is 0 Å². The van der Waals surface area contributed by atoms with E-state index < -0.39 is 11.9 Å². The number of nitrogens with zero attached hydrogens (tertiary/aromatic N) is 7. The van der Waals surface area contributed by atoms with Gasteiger partial charge >= 0.3 is 31.4 Å². The number of aliphatic carboxylic acids is 1. The van der Waals surface area contributed by atoms with Gasteiger partial charge in [0.15, 0.2) is 0 Å². The van der Waals surface area contributed by atoms with E-state index in [2.05, 4.69) is 44.4 Å². The van der Waals surface area contributed by atoms with E-state index in [1.165, 1.54) is 28.7 Å². The van der Waals surface area contributed by atoms with E-state index in [9.17, 15) is 14.7 Å². The Morgan fingerprint density at radius 1 is 0.689 bits per heavy atom. The zero-order valence-electron chi connectivity index (χ0n) is 23.0. The standard InChI is InChI=1S/C18H13N3O2.C11H8N2O2.2CNS.Ru/c22-18(23)11-21-16-7-2-1-5-12(16)13-9-15(20-10-17(13)21)14-6-3-4-8-19-14;14-11(15)8-4-6-13-10(7-8)9-3-1-2-5-12-9;2*2-1-3;/h1-10H,11H2,(H,22,23);1-7H,(H,14,15);;;/q;;2*-1;+2. The summed E-state index contributed by atoms with van der Waals surface area (Å²) in [5, 5.41) is 36.9. The molecule has 0 radical (unpaired) electrons. The second-order valence-corrected chi connectivity index (χ2v) is 8.80. The number of carboxylic acid groups (broad SMARTS) is 2. The van der Waals surface area contributed by atoms with Crippen LogP contribution in [0.4, 0.5) is 0 Å². The number of fused-ring (bicyclic) bond motifs is 3. The number of hydrogen-bond acceptors (Lipinski definition) is 8. The van der Waals surface area contributed by atoms with Crippen LogP contribution >= 0.6 is 24.4 Å². The third-order valence-corrected chi connectivity index (χ3v) is 5.81. The Balaban J connectivity index is 0.000000278. The van der Waals surface area contributed by atoms with Gasteiger partial charge in [-0.1, -0.05) is 54.8 Å². The number of carboxylic acids is 2. The predicted octanol–water partition coefficient (Wildman–Crippen LogP) is 6.49. The molecule has 45 heavy (non-hydrogen) atoms. The number of hydrogen-bond donors (Lipinski definition) is 2. The van der Waals surface area contributed by atoms with Crippen LogP contribution in [-0.4, -0.2) is 57.0 Å². The fourth-order valence-electron chi connectivity index (χ4n) is 4.12. The average Bonchev–Trinajstić information content (AvgIpc) is 3.35. The Labute approximate surface area is 280 Å². The molecule has 0 aliphatic rings. The van der Waals surface area contributed by atoms with Crippen molar-refractivity contribution in [3.63, 3.8) is 0 Å². The average molecular weight is 721 g/mol. The van der Waals surface area contributed by atoms with Crippen molar-refractivity contribution < 1.29 is 39.3 Å².